The Kier molecular flexibility index (Phi) is 4.53. The Morgan fingerprint density at radius 2 is 1.86 bits per heavy atom. The maximum Gasteiger partial charge on any atom is 0.145 e. The fourth-order valence-electron chi connectivity index (χ4n) is 1.39. The van der Waals surface area contributed by atoms with Crippen LogP contribution in [0.4, 0.5) is 0 Å². The molecule has 0 bridgehead atoms. The van der Waals surface area contributed by atoms with Crippen LogP contribution in [0.5, 0.6) is 0 Å². The number of hydrogen-bond acceptors (Lipinski definition) is 3. The minimum atomic E-state index is 0.290. The summed E-state index contributed by atoms with van der Waals surface area (Å²) < 4.78 is 0. The molecule has 0 aliphatic heterocycles. The summed E-state index contributed by atoms with van der Waals surface area (Å²) in [5, 5.41) is 3.25. The van der Waals surface area contributed by atoms with Crippen molar-refractivity contribution >= 4 is 0 Å². The summed E-state index contributed by atoms with van der Waals surface area (Å²) in [6.45, 7) is 4.47. The van der Waals surface area contributed by atoms with E-state index in [4.69, 9.17) is 0 Å². The second-order valence-electron chi connectivity index (χ2n) is 3.92. The molecule has 78 valence electrons. The molecule has 0 amide bonds. The lowest BCUT2D eigenvalue weighted by molar-refractivity contribution is 0.450. The van der Waals surface area contributed by atoms with Gasteiger partial charge in [0.15, 0.2) is 0 Å². The average molecular weight is 193 g/mol. The van der Waals surface area contributed by atoms with E-state index in [1.165, 1.54) is 6.42 Å². The van der Waals surface area contributed by atoms with E-state index in [0.717, 1.165) is 18.2 Å². The van der Waals surface area contributed by atoms with Gasteiger partial charge in [-0.2, -0.15) is 0 Å². The predicted molar refractivity (Wildman–Crippen MR) is 57.9 cm³/mol. The highest BCUT2D eigenvalue weighted by atomic mass is 15.0. The second-order valence-corrected chi connectivity index (χ2v) is 3.92. The number of rotatable bonds is 5. The third-order valence-corrected chi connectivity index (χ3v) is 2.28. The number of nitrogens with one attached hydrogen (secondary N) is 1. The Labute approximate surface area is 86.0 Å². The summed E-state index contributed by atoms with van der Waals surface area (Å²) >= 11 is 0. The van der Waals surface area contributed by atoms with Crippen molar-refractivity contribution in [2.24, 2.45) is 5.92 Å². The van der Waals surface area contributed by atoms with Gasteiger partial charge in [-0.05, 0) is 31.9 Å². The van der Waals surface area contributed by atoms with Gasteiger partial charge in [0.2, 0.25) is 0 Å². The third-order valence-electron chi connectivity index (χ3n) is 2.28. The Balaban J connectivity index is 2.54. The van der Waals surface area contributed by atoms with E-state index in [9.17, 15) is 0 Å². The number of nitrogens with zero attached hydrogens (tertiary/aromatic N) is 2. The minimum absolute atomic E-state index is 0.290. The summed E-state index contributed by atoms with van der Waals surface area (Å²) in [4.78, 5) is 8.51. The lowest BCUT2D eigenvalue weighted by Gasteiger charge is -2.15. The van der Waals surface area contributed by atoms with Crippen molar-refractivity contribution in [3.8, 4) is 0 Å². The average Bonchev–Trinajstić information content (AvgIpc) is 2.20. The molecule has 0 saturated heterocycles. The van der Waals surface area contributed by atoms with Crippen molar-refractivity contribution in [1.82, 2.24) is 15.3 Å². The first-order valence-corrected chi connectivity index (χ1v) is 5.18. The molecule has 1 aromatic rings. The van der Waals surface area contributed by atoms with Gasteiger partial charge in [-0.25, -0.2) is 9.97 Å². The zero-order valence-electron chi connectivity index (χ0n) is 9.20. The molecule has 0 fully saturated rings. The van der Waals surface area contributed by atoms with Gasteiger partial charge in [-0.3, -0.25) is 0 Å². The lowest BCUT2D eigenvalue weighted by Crippen LogP contribution is -2.19. The molecule has 1 N–H and O–H groups in total. The molecule has 0 aliphatic rings. The summed E-state index contributed by atoms with van der Waals surface area (Å²) in [5.41, 5.74) is 0. The van der Waals surface area contributed by atoms with Gasteiger partial charge in [0.05, 0.1) is 6.04 Å². The van der Waals surface area contributed by atoms with Crippen LogP contribution < -0.4 is 5.32 Å². The molecule has 3 nitrogen and oxygen atoms in total. The highest BCUT2D eigenvalue weighted by molar-refractivity contribution is 4.95. The smallest absolute Gasteiger partial charge is 0.145 e. The van der Waals surface area contributed by atoms with Crippen molar-refractivity contribution < 1.29 is 0 Å². The predicted octanol–water partition coefficient (Wildman–Crippen LogP) is 2.17. The monoisotopic (exact) mass is 193 g/mol. The lowest BCUT2D eigenvalue weighted by atomic mass is 10.0. The van der Waals surface area contributed by atoms with Gasteiger partial charge in [-0.1, -0.05) is 13.8 Å². The van der Waals surface area contributed by atoms with Crippen molar-refractivity contribution in [1.29, 1.82) is 0 Å². The molecule has 0 aromatic carbocycles. The first kappa shape index (κ1) is 11.1. The van der Waals surface area contributed by atoms with Crippen LogP contribution in [0.1, 0.15) is 38.6 Å². The van der Waals surface area contributed by atoms with Gasteiger partial charge >= 0.3 is 0 Å². The molecular weight excluding hydrogens is 174 g/mol. The summed E-state index contributed by atoms with van der Waals surface area (Å²) in [5.74, 6) is 1.63. The van der Waals surface area contributed by atoms with Crippen LogP contribution in [0.2, 0.25) is 0 Å². The summed E-state index contributed by atoms with van der Waals surface area (Å²) in [6.07, 6.45) is 5.88. The fourth-order valence-corrected chi connectivity index (χ4v) is 1.39. The SMILES string of the molecule is CNC(CCC(C)C)c1ncccn1. The van der Waals surface area contributed by atoms with E-state index in [1.54, 1.807) is 12.4 Å². The normalized spacial score (nSPS) is 13.1. The first-order chi connectivity index (χ1) is 6.74. The summed E-state index contributed by atoms with van der Waals surface area (Å²) in [6, 6.07) is 2.14. The van der Waals surface area contributed by atoms with Crippen LogP contribution in [-0.2, 0) is 0 Å². The topological polar surface area (TPSA) is 37.8 Å². The Hall–Kier alpha value is -0.960. The highest BCUT2D eigenvalue weighted by Gasteiger charge is 2.11. The van der Waals surface area contributed by atoms with Crippen LogP contribution in [-0.4, -0.2) is 17.0 Å². The fraction of sp³-hybridized carbons (Fsp3) is 0.636. The van der Waals surface area contributed by atoms with Crippen molar-refractivity contribution in [2.45, 2.75) is 32.7 Å². The molecule has 1 rings (SSSR count). The molecule has 14 heavy (non-hydrogen) atoms. The summed E-state index contributed by atoms with van der Waals surface area (Å²) in [7, 11) is 1.96. The van der Waals surface area contributed by atoms with E-state index in [1.807, 2.05) is 13.1 Å². The van der Waals surface area contributed by atoms with Crippen molar-refractivity contribution in [3.05, 3.63) is 24.3 Å². The molecule has 3 heteroatoms. The van der Waals surface area contributed by atoms with Crippen LogP contribution in [0.25, 0.3) is 0 Å². The maximum atomic E-state index is 4.25. The highest BCUT2D eigenvalue weighted by Crippen LogP contribution is 2.16. The minimum Gasteiger partial charge on any atom is -0.310 e. The zero-order chi connectivity index (χ0) is 10.4. The second kappa shape index (κ2) is 5.70. The van der Waals surface area contributed by atoms with Gasteiger partial charge in [0, 0.05) is 12.4 Å². The third kappa shape index (κ3) is 3.42. The molecule has 0 aliphatic carbocycles. The van der Waals surface area contributed by atoms with Crippen LogP contribution >= 0.6 is 0 Å². The molecule has 1 atom stereocenters. The van der Waals surface area contributed by atoms with E-state index < -0.39 is 0 Å². The van der Waals surface area contributed by atoms with E-state index in [0.29, 0.717) is 6.04 Å². The van der Waals surface area contributed by atoms with Gasteiger partial charge < -0.3 is 5.32 Å². The number of aromatic nitrogens is 2. The van der Waals surface area contributed by atoms with Crippen molar-refractivity contribution in [3.63, 3.8) is 0 Å². The zero-order valence-corrected chi connectivity index (χ0v) is 9.20. The Morgan fingerprint density at radius 3 is 2.36 bits per heavy atom. The Bertz CT molecular complexity index is 246. The molecular formula is C11H19N3. The van der Waals surface area contributed by atoms with Gasteiger partial charge in [0.1, 0.15) is 5.82 Å². The van der Waals surface area contributed by atoms with Gasteiger partial charge in [0.25, 0.3) is 0 Å². The van der Waals surface area contributed by atoms with E-state index >= 15 is 0 Å². The molecule has 1 heterocycles. The standard InChI is InChI=1S/C11H19N3/c1-9(2)5-6-10(12-3)11-13-7-4-8-14-11/h4,7-10,12H,5-6H2,1-3H3. The molecule has 0 saturated carbocycles. The van der Waals surface area contributed by atoms with Gasteiger partial charge in [-0.15, -0.1) is 0 Å². The quantitative estimate of drug-likeness (QED) is 0.778. The maximum absolute atomic E-state index is 4.25. The molecule has 0 radical (unpaired) electrons. The van der Waals surface area contributed by atoms with Crippen LogP contribution in [0.3, 0.4) is 0 Å². The molecule has 1 unspecified atom stereocenters. The molecule has 0 spiro atoms. The largest absolute Gasteiger partial charge is 0.310 e. The van der Waals surface area contributed by atoms with E-state index in [2.05, 4.69) is 29.1 Å². The van der Waals surface area contributed by atoms with E-state index in [-0.39, 0.29) is 0 Å². The van der Waals surface area contributed by atoms with Crippen LogP contribution in [0.15, 0.2) is 18.5 Å². The molecule has 1 aromatic heterocycles. The first-order valence-electron chi connectivity index (χ1n) is 5.18. The Morgan fingerprint density at radius 1 is 1.21 bits per heavy atom. The number of hydrogen-bond donors (Lipinski definition) is 1. The van der Waals surface area contributed by atoms with Crippen molar-refractivity contribution in [2.75, 3.05) is 7.05 Å². The van der Waals surface area contributed by atoms with Crippen LogP contribution in [0, 0.1) is 5.92 Å².